The summed E-state index contributed by atoms with van der Waals surface area (Å²) < 4.78 is 0. The molecule has 0 radical (unpaired) electrons. The van der Waals surface area contributed by atoms with Gasteiger partial charge in [-0.3, -0.25) is 9.88 Å². The minimum absolute atomic E-state index is 0.623. The molecule has 2 heterocycles. The molecule has 0 amide bonds. The number of rotatable bonds is 3. The van der Waals surface area contributed by atoms with Crippen LogP contribution in [0.5, 0.6) is 0 Å². The quantitative estimate of drug-likeness (QED) is 0.907. The maximum absolute atomic E-state index is 4.62. The molecule has 1 N–H and O–H groups in total. The van der Waals surface area contributed by atoms with Gasteiger partial charge in [-0.15, -0.1) is 0 Å². The highest BCUT2D eigenvalue weighted by atomic mass is 15.1. The van der Waals surface area contributed by atoms with Crippen molar-refractivity contribution in [2.24, 2.45) is 0 Å². The number of hydrogen-bond acceptors (Lipinski definition) is 3. The van der Waals surface area contributed by atoms with Crippen LogP contribution in [0.3, 0.4) is 0 Å². The van der Waals surface area contributed by atoms with Crippen LogP contribution in [0.1, 0.15) is 44.5 Å². The van der Waals surface area contributed by atoms with Crippen molar-refractivity contribution in [2.75, 3.05) is 13.1 Å². The average Bonchev–Trinajstić information content (AvgIpc) is 2.38. The van der Waals surface area contributed by atoms with E-state index in [0.29, 0.717) is 12.1 Å². The van der Waals surface area contributed by atoms with Crippen LogP contribution < -0.4 is 5.32 Å². The van der Waals surface area contributed by atoms with Gasteiger partial charge in [0.15, 0.2) is 0 Å². The molecule has 1 aliphatic heterocycles. The van der Waals surface area contributed by atoms with E-state index in [0.717, 1.165) is 12.2 Å². The fourth-order valence-electron chi connectivity index (χ4n) is 2.79. The summed E-state index contributed by atoms with van der Waals surface area (Å²) in [5.74, 6) is 0. The van der Waals surface area contributed by atoms with E-state index in [1.165, 1.54) is 38.0 Å². The first-order chi connectivity index (χ1) is 9.17. The minimum Gasteiger partial charge on any atom is -0.311 e. The Labute approximate surface area is 117 Å². The van der Waals surface area contributed by atoms with Crippen LogP contribution in [0.15, 0.2) is 18.2 Å². The maximum Gasteiger partial charge on any atom is 0.0547 e. The van der Waals surface area contributed by atoms with Crippen molar-refractivity contribution in [2.45, 2.75) is 58.7 Å². The minimum atomic E-state index is 0.623. The van der Waals surface area contributed by atoms with Gasteiger partial charge in [-0.25, -0.2) is 0 Å². The second kappa shape index (κ2) is 7.01. The SMILES string of the molecule is CCC1CCN(Cc2cccc(C)n2)CCC(C)N1. The third kappa shape index (κ3) is 4.59. The van der Waals surface area contributed by atoms with Crippen LogP contribution in [0, 0.1) is 6.92 Å². The lowest BCUT2D eigenvalue weighted by atomic mass is 10.1. The van der Waals surface area contributed by atoms with Crippen molar-refractivity contribution in [1.29, 1.82) is 0 Å². The fourth-order valence-corrected chi connectivity index (χ4v) is 2.79. The van der Waals surface area contributed by atoms with E-state index in [9.17, 15) is 0 Å². The molecule has 1 aromatic heterocycles. The van der Waals surface area contributed by atoms with Crippen LogP contribution in [0.4, 0.5) is 0 Å². The molecule has 19 heavy (non-hydrogen) atoms. The lowest BCUT2D eigenvalue weighted by Gasteiger charge is -2.31. The lowest BCUT2D eigenvalue weighted by molar-refractivity contribution is 0.204. The topological polar surface area (TPSA) is 28.2 Å². The van der Waals surface area contributed by atoms with Gasteiger partial charge in [0.1, 0.15) is 0 Å². The number of pyridine rings is 1. The van der Waals surface area contributed by atoms with E-state index in [1.54, 1.807) is 0 Å². The smallest absolute Gasteiger partial charge is 0.0547 e. The van der Waals surface area contributed by atoms with Crippen LogP contribution in [-0.4, -0.2) is 35.1 Å². The highest BCUT2D eigenvalue weighted by Gasteiger charge is 2.17. The average molecular weight is 261 g/mol. The van der Waals surface area contributed by atoms with Gasteiger partial charge in [0, 0.05) is 37.4 Å². The summed E-state index contributed by atoms with van der Waals surface area (Å²) in [5, 5.41) is 3.72. The Hall–Kier alpha value is -0.930. The summed E-state index contributed by atoms with van der Waals surface area (Å²) in [5.41, 5.74) is 2.32. The highest BCUT2D eigenvalue weighted by molar-refractivity contribution is 5.09. The maximum atomic E-state index is 4.62. The predicted molar refractivity (Wildman–Crippen MR) is 80.2 cm³/mol. The zero-order valence-corrected chi connectivity index (χ0v) is 12.5. The zero-order chi connectivity index (χ0) is 13.7. The highest BCUT2D eigenvalue weighted by Crippen LogP contribution is 2.12. The first-order valence-electron chi connectivity index (χ1n) is 7.58. The molecule has 106 valence electrons. The Morgan fingerprint density at radius 1 is 1.32 bits per heavy atom. The molecule has 0 saturated carbocycles. The van der Waals surface area contributed by atoms with Crippen LogP contribution in [-0.2, 0) is 6.54 Å². The molecule has 2 unspecified atom stereocenters. The van der Waals surface area contributed by atoms with E-state index in [4.69, 9.17) is 0 Å². The molecule has 3 heteroatoms. The molecule has 1 aliphatic rings. The molecule has 0 aliphatic carbocycles. The number of hydrogen-bond donors (Lipinski definition) is 1. The summed E-state index contributed by atoms with van der Waals surface area (Å²) in [6.45, 7) is 9.98. The van der Waals surface area contributed by atoms with Gasteiger partial charge >= 0.3 is 0 Å². The molecule has 2 rings (SSSR count). The Balaban J connectivity index is 1.95. The van der Waals surface area contributed by atoms with E-state index < -0.39 is 0 Å². The molecule has 0 bridgehead atoms. The number of aromatic nitrogens is 1. The Bertz CT molecular complexity index is 391. The molecule has 3 nitrogen and oxygen atoms in total. The molecule has 0 spiro atoms. The van der Waals surface area contributed by atoms with Gasteiger partial charge in [0.25, 0.3) is 0 Å². The summed E-state index contributed by atoms with van der Waals surface area (Å²) in [6.07, 6.45) is 3.69. The Morgan fingerprint density at radius 2 is 2.11 bits per heavy atom. The molecule has 2 atom stereocenters. The van der Waals surface area contributed by atoms with Crippen molar-refractivity contribution < 1.29 is 0 Å². The van der Waals surface area contributed by atoms with Crippen LogP contribution in [0.2, 0.25) is 0 Å². The molecular formula is C16H27N3. The number of nitrogens with zero attached hydrogens (tertiary/aromatic N) is 2. The van der Waals surface area contributed by atoms with Gasteiger partial charge in [0.05, 0.1) is 5.69 Å². The van der Waals surface area contributed by atoms with E-state index >= 15 is 0 Å². The summed E-state index contributed by atoms with van der Waals surface area (Å²) in [7, 11) is 0. The van der Waals surface area contributed by atoms with E-state index in [1.807, 2.05) is 0 Å². The van der Waals surface area contributed by atoms with Gasteiger partial charge in [-0.1, -0.05) is 13.0 Å². The van der Waals surface area contributed by atoms with Crippen molar-refractivity contribution >= 4 is 0 Å². The molecular weight excluding hydrogens is 234 g/mol. The zero-order valence-electron chi connectivity index (χ0n) is 12.5. The first kappa shape index (κ1) is 14.5. The Morgan fingerprint density at radius 3 is 2.84 bits per heavy atom. The standard InChI is InChI=1S/C16H27N3/c1-4-15-9-11-19(10-8-14(3)17-15)12-16-7-5-6-13(2)18-16/h5-7,14-15,17H,4,8-12H2,1-3H3. The van der Waals surface area contributed by atoms with Crippen LogP contribution in [0.25, 0.3) is 0 Å². The van der Waals surface area contributed by atoms with Gasteiger partial charge in [0.2, 0.25) is 0 Å². The van der Waals surface area contributed by atoms with Crippen molar-refractivity contribution in [3.63, 3.8) is 0 Å². The first-order valence-corrected chi connectivity index (χ1v) is 7.58. The van der Waals surface area contributed by atoms with Crippen molar-refractivity contribution in [3.8, 4) is 0 Å². The van der Waals surface area contributed by atoms with Crippen LogP contribution >= 0.6 is 0 Å². The Kier molecular flexibility index (Phi) is 5.34. The van der Waals surface area contributed by atoms with Gasteiger partial charge < -0.3 is 5.32 Å². The van der Waals surface area contributed by atoms with Crippen molar-refractivity contribution in [1.82, 2.24) is 15.2 Å². The predicted octanol–water partition coefficient (Wildman–Crippen LogP) is 2.74. The third-order valence-electron chi connectivity index (χ3n) is 4.02. The van der Waals surface area contributed by atoms with Crippen molar-refractivity contribution in [3.05, 3.63) is 29.6 Å². The second-order valence-corrected chi connectivity index (χ2v) is 5.80. The summed E-state index contributed by atoms with van der Waals surface area (Å²) in [6, 6.07) is 7.61. The summed E-state index contributed by atoms with van der Waals surface area (Å²) >= 11 is 0. The van der Waals surface area contributed by atoms with E-state index in [-0.39, 0.29) is 0 Å². The third-order valence-corrected chi connectivity index (χ3v) is 4.02. The molecule has 1 fully saturated rings. The molecule has 1 saturated heterocycles. The van der Waals surface area contributed by atoms with E-state index in [2.05, 4.69) is 54.2 Å². The van der Waals surface area contributed by atoms with Gasteiger partial charge in [-0.05, 0) is 45.2 Å². The normalized spacial score (nSPS) is 25.8. The number of aryl methyl sites for hydroxylation is 1. The largest absolute Gasteiger partial charge is 0.311 e. The summed E-state index contributed by atoms with van der Waals surface area (Å²) in [4.78, 5) is 7.18. The molecule has 1 aromatic rings. The monoisotopic (exact) mass is 261 g/mol. The lowest BCUT2D eigenvalue weighted by Crippen LogP contribution is -2.43. The number of nitrogens with one attached hydrogen (secondary N) is 1. The molecule has 0 aromatic carbocycles. The fraction of sp³-hybridized carbons (Fsp3) is 0.688. The second-order valence-electron chi connectivity index (χ2n) is 5.80. The van der Waals surface area contributed by atoms with Gasteiger partial charge in [-0.2, -0.15) is 0 Å².